The maximum absolute atomic E-state index is 11.7. The minimum absolute atomic E-state index is 0. The number of rotatable bonds is 3. The van der Waals surface area contributed by atoms with E-state index in [2.05, 4.69) is 5.32 Å². The molecular formula is C10H21ClN2O2. The van der Waals surface area contributed by atoms with Gasteiger partial charge in [-0.05, 0) is 39.8 Å². The third-order valence-electron chi connectivity index (χ3n) is 2.54. The van der Waals surface area contributed by atoms with Gasteiger partial charge in [-0.25, -0.2) is 0 Å². The number of hydrogen-bond donors (Lipinski definition) is 2. The highest BCUT2D eigenvalue weighted by Gasteiger charge is 2.27. The number of halogens is 1. The third-order valence-corrected chi connectivity index (χ3v) is 2.54. The number of ether oxygens (including phenoxy) is 1. The molecule has 15 heavy (non-hydrogen) atoms. The van der Waals surface area contributed by atoms with E-state index in [1.54, 1.807) is 0 Å². The number of nitrogens with two attached hydrogens (primary N) is 1. The minimum atomic E-state index is -0.526. The van der Waals surface area contributed by atoms with Gasteiger partial charge in [0.2, 0.25) is 0 Å². The van der Waals surface area contributed by atoms with Crippen LogP contribution in [-0.2, 0) is 9.53 Å². The molecule has 1 rings (SSSR count). The standard InChI is InChI=1S/C10H20N2O2.ClH/c1-10(2,7-11)14-9(13)8-3-5-12-6-4-8;/h8,12H,3-7,11H2,1-2H3;1H. The van der Waals surface area contributed by atoms with Crippen LogP contribution in [0.25, 0.3) is 0 Å². The molecule has 90 valence electrons. The van der Waals surface area contributed by atoms with Crippen molar-refractivity contribution >= 4 is 18.4 Å². The van der Waals surface area contributed by atoms with E-state index in [1.807, 2.05) is 13.8 Å². The van der Waals surface area contributed by atoms with Gasteiger partial charge < -0.3 is 15.8 Å². The Morgan fingerprint density at radius 1 is 1.47 bits per heavy atom. The summed E-state index contributed by atoms with van der Waals surface area (Å²) in [5.41, 5.74) is 4.97. The molecule has 1 heterocycles. The Bertz CT molecular complexity index is 204. The molecule has 0 amide bonds. The number of hydrogen-bond acceptors (Lipinski definition) is 4. The molecule has 1 aliphatic heterocycles. The molecule has 5 heteroatoms. The molecule has 0 aliphatic carbocycles. The summed E-state index contributed by atoms with van der Waals surface area (Å²) in [5, 5.41) is 3.21. The van der Waals surface area contributed by atoms with Crippen molar-refractivity contribution in [3.05, 3.63) is 0 Å². The Hall–Kier alpha value is -0.320. The number of esters is 1. The van der Waals surface area contributed by atoms with Crippen molar-refractivity contribution in [3.63, 3.8) is 0 Å². The lowest BCUT2D eigenvalue weighted by Crippen LogP contribution is -2.40. The van der Waals surface area contributed by atoms with Crippen molar-refractivity contribution in [1.82, 2.24) is 5.32 Å². The zero-order valence-electron chi connectivity index (χ0n) is 9.41. The van der Waals surface area contributed by atoms with Crippen molar-refractivity contribution in [2.24, 2.45) is 11.7 Å². The van der Waals surface area contributed by atoms with Gasteiger partial charge in [-0.1, -0.05) is 0 Å². The van der Waals surface area contributed by atoms with Crippen LogP contribution in [0.1, 0.15) is 26.7 Å². The second-order valence-corrected chi connectivity index (χ2v) is 4.41. The molecule has 1 aliphatic rings. The van der Waals surface area contributed by atoms with Crippen molar-refractivity contribution in [2.75, 3.05) is 19.6 Å². The van der Waals surface area contributed by atoms with Gasteiger partial charge in [-0.3, -0.25) is 4.79 Å². The Morgan fingerprint density at radius 2 is 2.00 bits per heavy atom. The first kappa shape index (κ1) is 14.7. The Kier molecular flexibility index (Phi) is 6.17. The molecule has 0 aromatic heterocycles. The summed E-state index contributed by atoms with van der Waals surface area (Å²) in [6.45, 7) is 5.85. The molecule has 4 nitrogen and oxygen atoms in total. The van der Waals surface area contributed by atoms with Gasteiger partial charge in [-0.15, -0.1) is 12.4 Å². The zero-order chi connectivity index (χ0) is 10.6. The van der Waals surface area contributed by atoms with Crippen LogP contribution >= 0.6 is 12.4 Å². The SMILES string of the molecule is CC(C)(CN)OC(=O)C1CCNCC1.Cl. The van der Waals surface area contributed by atoms with Crippen molar-refractivity contribution in [2.45, 2.75) is 32.3 Å². The molecule has 0 atom stereocenters. The van der Waals surface area contributed by atoms with Gasteiger partial charge in [0.25, 0.3) is 0 Å². The molecule has 0 radical (unpaired) electrons. The maximum atomic E-state index is 11.7. The van der Waals surface area contributed by atoms with Crippen LogP contribution in [0.3, 0.4) is 0 Å². The Morgan fingerprint density at radius 3 is 2.47 bits per heavy atom. The van der Waals surface area contributed by atoms with Crippen LogP contribution < -0.4 is 11.1 Å². The van der Waals surface area contributed by atoms with E-state index >= 15 is 0 Å². The zero-order valence-corrected chi connectivity index (χ0v) is 10.2. The van der Waals surface area contributed by atoms with Gasteiger partial charge in [0.1, 0.15) is 5.60 Å². The predicted molar refractivity (Wildman–Crippen MR) is 62.1 cm³/mol. The van der Waals surface area contributed by atoms with Crippen LogP contribution in [-0.4, -0.2) is 31.2 Å². The maximum Gasteiger partial charge on any atom is 0.309 e. The third kappa shape index (κ3) is 4.82. The van der Waals surface area contributed by atoms with Crippen molar-refractivity contribution in [3.8, 4) is 0 Å². The minimum Gasteiger partial charge on any atom is -0.458 e. The largest absolute Gasteiger partial charge is 0.458 e. The molecular weight excluding hydrogens is 216 g/mol. The first-order valence-corrected chi connectivity index (χ1v) is 5.19. The molecule has 0 saturated carbocycles. The highest BCUT2D eigenvalue weighted by molar-refractivity contribution is 5.85. The van der Waals surface area contributed by atoms with E-state index in [0.717, 1.165) is 25.9 Å². The van der Waals surface area contributed by atoms with Gasteiger partial charge in [0, 0.05) is 6.54 Å². The van der Waals surface area contributed by atoms with E-state index in [0.29, 0.717) is 6.54 Å². The van der Waals surface area contributed by atoms with E-state index in [-0.39, 0.29) is 24.3 Å². The van der Waals surface area contributed by atoms with Gasteiger partial charge in [0.05, 0.1) is 5.92 Å². The van der Waals surface area contributed by atoms with Crippen molar-refractivity contribution in [1.29, 1.82) is 0 Å². The molecule has 1 fully saturated rings. The summed E-state index contributed by atoms with van der Waals surface area (Å²) in [6, 6.07) is 0. The molecule has 0 unspecified atom stereocenters. The first-order valence-electron chi connectivity index (χ1n) is 5.19. The molecule has 0 bridgehead atoms. The van der Waals surface area contributed by atoms with Crippen molar-refractivity contribution < 1.29 is 9.53 Å². The van der Waals surface area contributed by atoms with Gasteiger partial charge in [0.15, 0.2) is 0 Å². The second kappa shape index (κ2) is 6.30. The van der Waals surface area contributed by atoms with E-state index in [4.69, 9.17) is 10.5 Å². The molecule has 0 aromatic rings. The average molecular weight is 237 g/mol. The van der Waals surface area contributed by atoms with E-state index < -0.39 is 5.60 Å². The first-order chi connectivity index (χ1) is 6.55. The van der Waals surface area contributed by atoms with Gasteiger partial charge >= 0.3 is 5.97 Å². The molecule has 0 aromatic carbocycles. The highest BCUT2D eigenvalue weighted by Crippen LogP contribution is 2.17. The lowest BCUT2D eigenvalue weighted by atomic mass is 9.98. The molecule has 1 saturated heterocycles. The number of carbonyl (C=O) groups is 1. The molecule has 3 N–H and O–H groups in total. The topological polar surface area (TPSA) is 64.3 Å². The predicted octanol–water partition coefficient (Wildman–Crippen LogP) is 0.688. The number of carbonyl (C=O) groups excluding carboxylic acids is 1. The molecule has 0 spiro atoms. The Labute approximate surface area is 97.3 Å². The number of nitrogens with one attached hydrogen (secondary N) is 1. The van der Waals surface area contributed by atoms with Crippen LogP contribution in [0, 0.1) is 5.92 Å². The highest BCUT2D eigenvalue weighted by atomic mass is 35.5. The lowest BCUT2D eigenvalue weighted by molar-refractivity contribution is -0.161. The average Bonchev–Trinajstić information content (AvgIpc) is 2.19. The normalized spacial score (nSPS) is 18.1. The Balaban J connectivity index is 0.00000196. The smallest absolute Gasteiger partial charge is 0.309 e. The summed E-state index contributed by atoms with van der Waals surface area (Å²) in [7, 11) is 0. The van der Waals surface area contributed by atoms with E-state index in [1.165, 1.54) is 0 Å². The van der Waals surface area contributed by atoms with Crippen LogP contribution in [0.2, 0.25) is 0 Å². The van der Waals surface area contributed by atoms with Crippen LogP contribution in [0.4, 0.5) is 0 Å². The monoisotopic (exact) mass is 236 g/mol. The quantitative estimate of drug-likeness (QED) is 0.708. The van der Waals surface area contributed by atoms with E-state index in [9.17, 15) is 4.79 Å². The second-order valence-electron chi connectivity index (χ2n) is 4.41. The fourth-order valence-corrected chi connectivity index (χ4v) is 1.45. The van der Waals surface area contributed by atoms with Gasteiger partial charge in [-0.2, -0.15) is 0 Å². The lowest BCUT2D eigenvalue weighted by Gasteiger charge is -2.28. The van der Waals surface area contributed by atoms with Crippen LogP contribution in [0.5, 0.6) is 0 Å². The summed E-state index contributed by atoms with van der Waals surface area (Å²) in [4.78, 5) is 11.7. The fraction of sp³-hybridized carbons (Fsp3) is 0.900. The van der Waals surface area contributed by atoms with Crippen LogP contribution in [0.15, 0.2) is 0 Å². The number of piperidine rings is 1. The summed E-state index contributed by atoms with van der Waals surface area (Å²) < 4.78 is 5.33. The fourth-order valence-electron chi connectivity index (χ4n) is 1.45. The summed E-state index contributed by atoms with van der Waals surface area (Å²) in [6.07, 6.45) is 1.75. The summed E-state index contributed by atoms with van der Waals surface area (Å²) in [5.74, 6) is -0.0379. The summed E-state index contributed by atoms with van der Waals surface area (Å²) >= 11 is 0.